The van der Waals surface area contributed by atoms with Gasteiger partial charge in [0, 0.05) is 37.5 Å². The van der Waals surface area contributed by atoms with Gasteiger partial charge in [0.1, 0.15) is 0 Å². The minimum absolute atomic E-state index is 0.0230. The van der Waals surface area contributed by atoms with E-state index in [9.17, 15) is 4.79 Å². The Kier molecular flexibility index (Phi) is 3.93. The maximum atomic E-state index is 12.7. The third kappa shape index (κ3) is 2.76. The average molecular weight is 342 g/mol. The molecule has 0 amide bonds. The predicted molar refractivity (Wildman–Crippen MR) is 97.0 cm³/mol. The number of morpholine rings is 1. The van der Waals surface area contributed by atoms with Crippen LogP contribution < -0.4 is 4.90 Å². The van der Waals surface area contributed by atoms with E-state index < -0.39 is 0 Å². The van der Waals surface area contributed by atoms with E-state index in [1.54, 1.807) is 11.3 Å². The number of Topliss-reactive ketones (excluding diaryl/α,β-unsaturated/α-hetero) is 1. The smallest absolute Gasteiger partial charge is 0.173 e. The van der Waals surface area contributed by atoms with Crippen LogP contribution >= 0.6 is 11.3 Å². The van der Waals surface area contributed by atoms with Crippen LogP contribution in [0.5, 0.6) is 0 Å². The molecule has 0 N–H and O–H groups in total. The summed E-state index contributed by atoms with van der Waals surface area (Å²) in [6, 6.07) is 4.11. The standard InChI is InChI=1S/C19H22N2O2S/c1-19(2)11-14-16(13-3-5-20-6-4-13)18(21-7-9-23-10-8-21)24-17(14)15(22)12-19/h3-6H,7-12H2,1-2H3. The molecular formula is C19H22N2O2S. The number of ketones is 1. The average Bonchev–Trinajstić information content (AvgIpc) is 2.95. The van der Waals surface area contributed by atoms with Gasteiger partial charge in [-0.15, -0.1) is 11.3 Å². The second-order valence-corrected chi connectivity index (χ2v) is 8.37. The number of thiophene rings is 1. The zero-order valence-electron chi connectivity index (χ0n) is 14.2. The monoisotopic (exact) mass is 342 g/mol. The first-order valence-electron chi connectivity index (χ1n) is 8.47. The highest BCUT2D eigenvalue weighted by Crippen LogP contribution is 2.49. The first-order chi connectivity index (χ1) is 11.6. The van der Waals surface area contributed by atoms with Crippen LogP contribution in [0.3, 0.4) is 0 Å². The summed E-state index contributed by atoms with van der Waals surface area (Å²) < 4.78 is 5.51. The molecule has 1 aliphatic heterocycles. The largest absolute Gasteiger partial charge is 0.378 e. The van der Waals surface area contributed by atoms with Gasteiger partial charge < -0.3 is 9.64 Å². The normalized spacial score (nSPS) is 20.1. The molecule has 1 aliphatic carbocycles. The molecular weight excluding hydrogens is 320 g/mol. The van der Waals surface area contributed by atoms with Gasteiger partial charge in [-0.1, -0.05) is 13.8 Å². The summed E-state index contributed by atoms with van der Waals surface area (Å²) in [5.41, 5.74) is 3.65. The molecule has 0 saturated carbocycles. The molecule has 4 nitrogen and oxygen atoms in total. The van der Waals surface area contributed by atoms with Gasteiger partial charge in [0.05, 0.1) is 23.1 Å². The molecule has 0 radical (unpaired) electrons. The molecule has 5 heteroatoms. The summed E-state index contributed by atoms with van der Waals surface area (Å²) in [5, 5.41) is 1.22. The van der Waals surface area contributed by atoms with Gasteiger partial charge >= 0.3 is 0 Å². The molecule has 2 aromatic rings. The van der Waals surface area contributed by atoms with Gasteiger partial charge in [-0.25, -0.2) is 0 Å². The molecule has 1 fully saturated rings. The van der Waals surface area contributed by atoms with Crippen LogP contribution in [0, 0.1) is 5.41 Å². The third-order valence-corrected chi connectivity index (χ3v) is 6.14. The number of hydrogen-bond acceptors (Lipinski definition) is 5. The molecule has 2 aliphatic rings. The topological polar surface area (TPSA) is 42.4 Å². The fraction of sp³-hybridized carbons (Fsp3) is 0.474. The number of carbonyl (C=O) groups excluding carboxylic acids is 1. The van der Waals surface area contributed by atoms with Crippen molar-refractivity contribution in [3.05, 3.63) is 35.0 Å². The van der Waals surface area contributed by atoms with Gasteiger partial charge in [0.15, 0.2) is 5.78 Å². The lowest BCUT2D eigenvalue weighted by atomic mass is 9.75. The molecule has 1 saturated heterocycles. The Morgan fingerprint density at radius 1 is 1.17 bits per heavy atom. The minimum atomic E-state index is 0.0230. The number of fused-ring (bicyclic) bond motifs is 1. The highest BCUT2D eigenvalue weighted by Gasteiger charge is 2.36. The zero-order chi connectivity index (χ0) is 16.7. The Morgan fingerprint density at radius 3 is 2.58 bits per heavy atom. The van der Waals surface area contributed by atoms with E-state index in [-0.39, 0.29) is 5.41 Å². The van der Waals surface area contributed by atoms with Crippen LogP contribution in [0.4, 0.5) is 5.00 Å². The fourth-order valence-electron chi connectivity index (χ4n) is 3.71. The summed E-state index contributed by atoms with van der Waals surface area (Å²) >= 11 is 1.67. The first kappa shape index (κ1) is 15.8. The molecule has 2 aromatic heterocycles. The number of rotatable bonds is 2. The number of pyridine rings is 1. The van der Waals surface area contributed by atoms with E-state index in [4.69, 9.17) is 4.74 Å². The van der Waals surface area contributed by atoms with E-state index in [1.807, 2.05) is 12.4 Å². The van der Waals surface area contributed by atoms with Crippen LogP contribution in [-0.4, -0.2) is 37.1 Å². The lowest BCUT2D eigenvalue weighted by Crippen LogP contribution is -2.36. The number of aromatic nitrogens is 1. The molecule has 0 unspecified atom stereocenters. The fourth-order valence-corrected chi connectivity index (χ4v) is 5.04. The lowest BCUT2D eigenvalue weighted by Gasteiger charge is -2.30. The van der Waals surface area contributed by atoms with E-state index in [1.165, 1.54) is 16.1 Å². The number of nitrogens with zero attached hydrogens (tertiary/aromatic N) is 2. The van der Waals surface area contributed by atoms with Crippen molar-refractivity contribution in [3.8, 4) is 11.1 Å². The van der Waals surface area contributed by atoms with Crippen molar-refractivity contribution in [2.24, 2.45) is 5.41 Å². The molecule has 126 valence electrons. The number of ether oxygens (including phenoxy) is 1. The van der Waals surface area contributed by atoms with E-state index in [0.717, 1.165) is 43.2 Å². The summed E-state index contributed by atoms with van der Waals surface area (Å²) in [5.74, 6) is 0.293. The maximum Gasteiger partial charge on any atom is 0.173 e. The SMILES string of the molecule is CC1(C)CC(=O)c2sc(N3CCOCC3)c(-c3ccncc3)c2C1. The Hall–Kier alpha value is -1.72. The number of hydrogen-bond donors (Lipinski definition) is 0. The molecule has 0 spiro atoms. The number of anilines is 1. The Balaban J connectivity index is 1.89. The summed E-state index contributed by atoms with van der Waals surface area (Å²) in [4.78, 5) is 20.2. The Morgan fingerprint density at radius 2 is 1.88 bits per heavy atom. The predicted octanol–water partition coefficient (Wildman–Crippen LogP) is 3.80. The van der Waals surface area contributed by atoms with Gasteiger partial charge in [0.25, 0.3) is 0 Å². The van der Waals surface area contributed by atoms with Gasteiger partial charge in [-0.2, -0.15) is 0 Å². The molecule has 0 bridgehead atoms. The molecule has 4 rings (SSSR count). The van der Waals surface area contributed by atoms with Crippen LogP contribution in [0.25, 0.3) is 11.1 Å². The highest BCUT2D eigenvalue weighted by molar-refractivity contribution is 7.19. The van der Waals surface area contributed by atoms with E-state index >= 15 is 0 Å². The quantitative estimate of drug-likeness (QED) is 0.832. The van der Waals surface area contributed by atoms with Crippen molar-refractivity contribution >= 4 is 22.1 Å². The summed E-state index contributed by atoms with van der Waals surface area (Å²) in [7, 11) is 0. The van der Waals surface area contributed by atoms with Crippen molar-refractivity contribution in [1.82, 2.24) is 4.98 Å². The van der Waals surface area contributed by atoms with Gasteiger partial charge in [0.2, 0.25) is 0 Å². The van der Waals surface area contributed by atoms with Crippen molar-refractivity contribution in [2.45, 2.75) is 26.7 Å². The molecule has 0 atom stereocenters. The van der Waals surface area contributed by atoms with Gasteiger partial charge in [-0.3, -0.25) is 9.78 Å². The van der Waals surface area contributed by atoms with Crippen molar-refractivity contribution in [1.29, 1.82) is 0 Å². The number of carbonyl (C=O) groups is 1. The van der Waals surface area contributed by atoms with Crippen LogP contribution in [0.1, 0.15) is 35.5 Å². The van der Waals surface area contributed by atoms with E-state index in [2.05, 4.69) is 35.9 Å². The molecule has 24 heavy (non-hydrogen) atoms. The van der Waals surface area contributed by atoms with E-state index in [0.29, 0.717) is 12.2 Å². The second kappa shape index (κ2) is 5.97. The lowest BCUT2D eigenvalue weighted by molar-refractivity contribution is 0.0918. The minimum Gasteiger partial charge on any atom is -0.378 e. The third-order valence-electron chi connectivity index (χ3n) is 4.80. The van der Waals surface area contributed by atoms with Crippen molar-refractivity contribution < 1.29 is 9.53 Å². The van der Waals surface area contributed by atoms with Crippen LogP contribution in [0.15, 0.2) is 24.5 Å². The first-order valence-corrected chi connectivity index (χ1v) is 9.29. The van der Waals surface area contributed by atoms with Crippen LogP contribution in [0.2, 0.25) is 0 Å². The highest BCUT2D eigenvalue weighted by atomic mass is 32.1. The van der Waals surface area contributed by atoms with Crippen molar-refractivity contribution in [2.75, 3.05) is 31.2 Å². The van der Waals surface area contributed by atoms with Crippen LogP contribution in [-0.2, 0) is 11.2 Å². The maximum absolute atomic E-state index is 12.7. The Bertz CT molecular complexity index is 761. The summed E-state index contributed by atoms with van der Waals surface area (Å²) in [6.45, 7) is 7.65. The van der Waals surface area contributed by atoms with Crippen molar-refractivity contribution in [3.63, 3.8) is 0 Å². The molecule has 0 aromatic carbocycles. The Labute approximate surface area is 146 Å². The van der Waals surface area contributed by atoms with Gasteiger partial charge in [-0.05, 0) is 35.1 Å². The summed E-state index contributed by atoms with van der Waals surface area (Å²) in [6.07, 6.45) is 5.25. The molecule has 3 heterocycles. The zero-order valence-corrected chi connectivity index (χ0v) is 15.0. The second-order valence-electron chi connectivity index (χ2n) is 7.37.